The van der Waals surface area contributed by atoms with Crippen LogP contribution in [0.2, 0.25) is 0 Å². The smallest absolute Gasteiger partial charge is 0.409 e. The molecule has 0 atom stereocenters. The third-order valence-electron chi connectivity index (χ3n) is 5.40. The molecule has 0 aliphatic heterocycles. The summed E-state index contributed by atoms with van der Waals surface area (Å²) in [5, 5.41) is 11.6. The number of fused-ring (bicyclic) bond motifs is 3. The van der Waals surface area contributed by atoms with Gasteiger partial charge in [0.25, 0.3) is 0 Å². The fourth-order valence-electron chi connectivity index (χ4n) is 3.86. The van der Waals surface area contributed by atoms with Gasteiger partial charge in [0.05, 0.1) is 6.42 Å². The average Bonchev–Trinajstić information content (AvgIpc) is 3.14. The van der Waals surface area contributed by atoms with E-state index in [1.54, 1.807) is 0 Å². The molecule has 33 heavy (non-hydrogen) atoms. The van der Waals surface area contributed by atoms with Crippen molar-refractivity contribution in [2.75, 3.05) is 32.8 Å². The van der Waals surface area contributed by atoms with Crippen LogP contribution in [-0.4, -0.2) is 61.0 Å². The van der Waals surface area contributed by atoms with E-state index in [9.17, 15) is 14.4 Å². The summed E-state index contributed by atoms with van der Waals surface area (Å²) in [7, 11) is 0. The van der Waals surface area contributed by atoms with Gasteiger partial charge in [0, 0.05) is 25.6 Å². The molecule has 8 nitrogen and oxygen atoms in total. The van der Waals surface area contributed by atoms with Crippen LogP contribution < -0.4 is 5.32 Å². The van der Waals surface area contributed by atoms with Crippen molar-refractivity contribution in [2.45, 2.75) is 18.8 Å². The third kappa shape index (κ3) is 6.35. The van der Waals surface area contributed by atoms with Crippen LogP contribution >= 0.6 is 0 Å². The first-order valence-corrected chi connectivity index (χ1v) is 10.8. The molecule has 2 aromatic rings. The third-order valence-corrected chi connectivity index (χ3v) is 5.40. The van der Waals surface area contributed by atoms with Crippen molar-refractivity contribution >= 4 is 18.2 Å². The molecule has 2 aromatic carbocycles. The number of amides is 2. The van der Waals surface area contributed by atoms with Gasteiger partial charge in [-0.2, -0.15) is 0 Å². The highest BCUT2D eigenvalue weighted by atomic mass is 16.6. The summed E-state index contributed by atoms with van der Waals surface area (Å²) >= 11 is 0. The van der Waals surface area contributed by atoms with E-state index in [4.69, 9.17) is 14.6 Å². The monoisotopic (exact) mass is 452 g/mol. The molecule has 3 rings (SSSR count). The number of nitrogens with one attached hydrogen (secondary N) is 1. The predicted octanol–water partition coefficient (Wildman–Crippen LogP) is 4.01. The van der Waals surface area contributed by atoms with Crippen LogP contribution in [0.3, 0.4) is 0 Å². The summed E-state index contributed by atoms with van der Waals surface area (Å²) in [6.45, 7) is 4.27. The van der Waals surface area contributed by atoms with Gasteiger partial charge < -0.3 is 24.8 Å². The molecule has 0 bridgehead atoms. The number of alkyl carbamates (subject to hydrolysis) is 1. The Morgan fingerprint density at radius 3 is 2.24 bits per heavy atom. The highest BCUT2D eigenvalue weighted by Crippen LogP contribution is 2.44. The Bertz CT molecular complexity index is 960. The zero-order chi connectivity index (χ0) is 23.6. The number of aliphatic carboxylic acids is 1. The molecule has 0 radical (unpaired) electrons. The summed E-state index contributed by atoms with van der Waals surface area (Å²) in [6.07, 6.45) is 0.538. The van der Waals surface area contributed by atoms with Gasteiger partial charge >= 0.3 is 18.2 Å². The molecule has 0 saturated heterocycles. The van der Waals surface area contributed by atoms with Gasteiger partial charge in [-0.1, -0.05) is 61.2 Å². The Labute approximate surface area is 192 Å². The Balaban J connectivity index is 1.58. The molecule has 0 unspecified atom stereocenters. The second kappa shape index (κ2) is 11.7. The maximum atomic E-state index is 12.8. The minimum Gasteiger partial charge on any atom is -0.481 e. The van der Waals surface area contributed by atoms with Gasteiger partial charge in [-0.3, -0.25) is 4.79 Å². The lowest BCUT2D eigenvalue weighted by Crippen LogP contribution is -2.37. The fourth-order valence-corrected chi connectivity index (χ4v) is 3.86. The SMILES string of the molecule is C=CCOC(=O)NCCCN(CCC(=O)O)C(=O)OCC1c2ccccc2-c2ccccc21. The Hall–Kier alpha value is -3.81. The topological polar surface area (TPSA) is 105 Å². The van der Waals surface area contributed by atoms with Crippen LogP contribution in [0.15, 0.2) is 61.2 Å². The highest BCUT2D eigenvalue weighted by molar-refractivity contribution is 5.79. The summed E-state index contributed by atoms with van der Waals surface area (Å²) in [5.74, 6) is -1.08. The molecule has 0 spiro atoms. The van der Waals surface area contributed by atoms with E-state index in [1.807, 2.05) is 36.4 Å². The van der Waals surface area contributed by atoms with Gasteiger partial charge in [-0.15, -0.1) is 0 Å². The van der Waals surface area contributed by atoms with E-state index in [2.05, 4.69) is 24.0 Å². The van der Waals surface area contributed by atoms with E-state index in [-0.39, 0.29) is 45.2 Å². The lowest BCUT2D eigenvalue weighted by atomic mass is 9.98. The zero-order valence-electron chi connectivity index (χ0n) is 18.4. The number of benzene rings is 2. The van der Waals surface area contributed by atoms with Crippen LogP contribution in [-0.2, 0) is 14.3 Å². The molecular weight excluding hydrogens is 424 g/mol. The molecule has 0 saturated carbocycles. The summed E-state index contributed by atoms with van der Waals surface area (Å²) < 4.78 is 10.5. The number of carbonyl (C=O) groups excluding carboxylic acids is 2. The molecule has 2 N–H and O–H groups in total. The van der Waals surface area contributed by atoms with Crippen molar-refractivity contribution in [3.63, 3.8) is 0 Å². The molecular formula is C25H28N2O6. The maximum absolute atomic E-state index is 12.8. The van der Waals surface area contributed by atoms with Gasteiger partial charge in [-0.05, 0) is 28.7 Å². The predicted molar refractivity (Wildman–Crippen MR) is 123 cm³/mol. The summed E-state index contributed by atoms with van der Waals surface area (Å²) in [5.41, 5.74) is 4.47. The number of carboxylic acids is 1. The van der Waals surface area contributed by atoms with Gasteiger partial charge in [0.1, 0.15) is 13.2 Å². The van der Waals surface area contributed by atoms with E-state index in [0.29, 0.717) is 6.42 Å². The lowest BCUT2D eigenvalue weighted by molar-refractivity contribution is -0.137. The number of hydrogen-bond donors (Lipinski definition) is 2. The van der Waals surface area contributed by atoms with Crippen LogP contribution in [0.1, 0.15) is 29.9 Å². The molecule has 0 aromatic heterocycles. The minimum atomic E-state index is -1.00. The number of rotatable bonds is 11. The standard InChI is InChI=1S/C25H28N2O6/c1-2-16-32-24(30)26-13-7-14-27(15-12-23(28)29)25(31)33-17-22-20-10-5-3-8-18(20)19-9-4-6-11-21(19)22/h2-6,8-11,22H,1,7,12-17H2,(H,26,30)(H,28,29). The average molecular weight is 453 g/mol. The van der Waals surface area contributed by atoms with Crippen LogP contribution in [0, 0.1) is 0 Å². The van der Waals surface area contributed by atoms with Crippen molar-refractivity contribution in [1.29, 1.82) is 0 Å². The molecule has 2 amide bonds. The van der Waals surface area contributed by atoms with Crippen molar-refractivity contribution in [1.82, 2.24) is 10.2 Å². The van der Waals surface area contributed by atoms with Crippen molar-refractivity contribution in [2.24, 2.45) is 0 Å². The second-order valence-electron chi connectivity index (χ2n) is 7.60. The van der Waals surface area contributed by atoms with Gasteiger partial charge in [0.15, 0.2) is 0 Å². The van der Waals surface area contributed by atoms with Crippen LogP contribution in [0.5, 0.6) is 0 Å². The Kier molecular flexibility index (Phi) is 8.46. The summed E-state index contributed by atoms with van der Waals surface area (Å²) in [6, 6.07) is 16.1. The van der Waals surface area contributed by atoms with Crippen LogP contribution in [0.25, 0.3) is 11.1 Å². The number of ether oxygens (including phenoxy) is 2. The molecule has 1 aliphatic carbocycles. The highest BCUT2D eigenvalue weighted by Gasteiger charge is 2.29. The van der Waals surface area contributed by atoms with E-state index >= 15 is 0 Å². The number of carboxylic acid groups (broad SMARTS) is 1. The molecule has 1 aliphatic rings. The largest absolute Gasteiger partial charge is 0.481 e. The first-order chi connectivity index (χ1) is 16.0. The minimum absolute atomic E-state index is 0.0208. The maximum Gasteiger partial charge on any atom is 0.409 e. The zero-order valence-corrected chi connectivity index (χ0v) is 18.4. The molecule has 174 valence electrons. The first-order valence-electron chi connectivity index (χ1n) is 10.8. The first kappa shape index (κ1) is 23.8. The number of nitrogens with zero attached hydrogens (tertiary/aromatic N) is 1. The normalized spacial score (nSPS) is 11.8. The summed E-state index contributed by atoms with van der Waals surface area (Å²) in [4.78, 5) is 36.7. The van der Waals surface area contributed by atoms with E-state index < -0.39 is 18.2 Å². The number of carbonyl (C=O) groups is 3. The second-order valence-corrected chi connectivity index (χ2v) is 7.60. The quantitative estimate of drug-likeness (QED) is 0.394. The van der Waals surface area contributed by atoms with E-state index in [0.717, 1.165) is 22.3 Å². The van der Waals surface area contributed by atoms with Crippen molar-refractivity contribution in [3.8, 4) is 11.1 Å². The Morgan fingerprint density at radius 2 is 1.64 bits per heavy atom. The fraction of sp³-hybridized carbons (Fsp3) is 0.320. The van der Waals surface area contributed by atoms with E-state index in [1.165, 1.54) is 11.0 Å². The molecule has 8 heteroatoms. The van der Waals surface area contributed by atoms with Crippen molar-refractivity contribution in [3.05, 3.63) is 72.3 Å². The number of hydrogen-bond acceptors (Lipinski definition) is 5. The van der Waals surface area contributed by atoms with Gasteiger partial charge in [0.2, 0.25) is 0 Å². The van der Waals surface area contributed by atoms with Gasteiger partial charge in [-0.25, -0.2) is 9.59 Å². The molecule has 0 fully saturated rings. The Morgan fingerprint density at radius 1 is 1.00 bits per heavy atom. The lowest BCUT2D eigenvalue weighted by Gasteiger charge is -2.23. The van der Waals surface area contributed by atoms with Crippen LogP contribution in [0.4, 0.5) is 9.59 Å². The molecule has 0 heterocycles. The van der Waals surface area contributed by atoms with Crippen molar-refractivity contribution < 1.29 is 29.0 Å².